The molecule has 0 spiro atoms. The first-order valence-corrected chi connectivity index (χ1v) is 5.97. The van der Waals surface area contributed by atoms with E-state index in [1.807, 2.05) is 0 Å². The van der Waals surface area contributed by atoms with Gasteiger partial charge in [-0.15, -0.1) is 0 Å². The van der Waals surface area contributed by atoms with Crippen molar-refractivity contribution < 1.29 is 13.5 Å². The van der Waals surface area contributed by atoms with Crippen LogP contribution in [-0.4, -0.2) is 0 Å². The Morgan fingerprint density at radius 2 is 1.72 bits per heavy atom. The predicted molar refractivity (Wildman–Crippen MR) is 69.2 cm³/mol. The molecule has 0 saturated heterocycles. The first kappa shape index (κ1) is 12.8. The van der Waals surface area contributed by atoms with Crippen molar-refractivity contribution in [1.29, 1.82) is 0 Å². The molecule has 2 N–H and O–H groups in total. The van der Waals surface area contributed by atoms with Gasteiger partial charge in [0.1, 0.15) is 24.0 Å². The summed E-state index contributed by atoms with van der Waals surface area (Å²) in [7, 11) is 0. The molecular weight excluding hydrogens is 304 g/mol. The maximum absolute atomic E-state index is 12.9. The van der Waals surface area contributed by atoms with Gasteiger partial charge in [0.25, 0.3) is 0 Å². The predicted octanol–water partition coefficient (Wildman–Crippen LogP) is 3.89. The van der Waals surface area contributed by atoms with Crippen molar-refractivity contribution in [3.63, 3.8) is 0 Å². The Balaban J connectivity index is 2.11. The van der Waals surface area contributed by atoms with Crippen molar-refractivity contribution in [2.75, 3.05) is 5.73 Å². The number of ether oxygens (including phenoxy) is 1. The van der Waals surface area contributed by atoms with Gasteiger partial charge in [-0.2, -0.15) is 0 Å². The highest BCUT2D eigenvalue weighted by molar-refractivity contribution is 9.10. The third kappa shape index (κ3) is 3.20. The molecule has 0 fully saturated rings. The molecule has 2 nitrogen and oxygen atoms in total. The molecule has 5 heteroatoms. The van der Waals surface area contributed by atoms with E-state index in [0.717, 1.165) is 28.2 Å². The van der Waals surface area contributed by atoms with Crippen LogP contribution in [-0.2, 0) is 6.61 Å². The quantitative estimate of drug-likeness (QED) is 0.873. The topological polar surface area (TPSA) is 35.2 Å². The second kappa shape index (κ2) is 5.35. The smallest absolute Gasteiger partial charge is 0.129 e. The van der Waals surface area contributed by atoms with Crippen molar-refractivity contribution in [3.8, 4) is 5.75 Å². The highest BCUT2D eigenvalue weighted by Crippen LogP contribution is 2.22. The Hall–Kier alpha value is -1.62. The standard InChI is InChI=1S/C13H10BrF2NO/c14-13-6-11(17)2-1-8(13)7-18-12-4-9(15)3-10(16)5-12/h1-6H,7,17H2. The molecule has 0 aliphatic heterocycles. The number of anilines is 1. The fourth-order valence-electron chi connectivity index (χ4n) is 1.45. The minimum Gasteiger partial charge on any atom is -0.489 e. The lowest BCUT2D eigenvalue weighted by atomic mass is 10.2. The van der Waals surface area contributed by atoms with Crippen LogP contribution in [0.3, 0.4) is 0 Å². The molecule has 0 aromatic heterocycles. The Bertz CT molecular complexity index is 555. The lowest BCUT2D eigenvalue weighted by Crippen LogP contribution is -1.98. The summed E-state index contributed by atoms with van der Waals surface area (Å²) >= 11 is 3.34. The number of benzene rings is 2. The summed E-state index contributed by atoms with van der Waals surface area (Å²) in [6, 6.07) is 8.32. The fraction of sp³-hybridized carbons (Fsp3) is 0.0769. The summed E-state index contributed by atoms with van der Waals surface area (Å²) in [5.74, 6) is -1.18. The lowest BCUT2D eigenvalue weighted by Gasteiger charge is -2.08. The Morgan fingerprint density at radius 3 is 2.33 bits per heavy atom. The third-order valence-corrected chi connectivity index (χ3v) is 3.05. The molecule has 0 saturated carbocycles. The van der Waals surface area contributed by atoms with Gasteiger partial charge in [0.15, 0.2) is 0 Å². The molecule has 18 heavy (non-hydrogen) atoms. The molecule has 0 atom stereocenters. The monoisotopic (exact) mass is 313 g/mol. The van der Waals surface area contributed by atoms with E-state index in [-0.39, 0.29) is 12.4 Å². The van der Waals surface area contributed by atoms with E-state index in [1.165, 1.54) is 0 Å². The Morgan fingerprint density at radius 1 is 1.06 bits per heavy atom. The minimum atomic E-state index is -0.665. The van der Waals surface area contributed by atoms with Crippen LogP contribution < -0.4 is 10.5 Å². The van der Waals surface area contributed by atoms with E-state index in [4.69, 9.17) is 10.5 Å². The van der Waals surface area contributed by atoms with Gasteiger partial charge in [-0.05, 0) is 12.1 Å². The Kier molecular flexibility index (Phi) is 3.81. The van der Waals surface area contributed by atoms with Crippen LogP contribution in [0.2, 0.25) is 0 Å². The molecule has 94 valence electrons. The molecule has 0 amide bonds. The van der Waals surface area contributed by atoms with Crippen molar-refractivity contribution in [3.05, 3.63) is 58.1 Å². The van der Waals surface area contributed by atoms with Crippen LogP contribution in [0.4, 0.5) is 14.5 Å². The molecular formula is C13H10BrF2NO. The summed E-state index contributed by atoms with van der Waals surface area (Å²) in [6.45, 7) is 0.198. The van der Waals surface area contributed by atoms with Crippen molar-refractivity contribution in [1.82, 2.24) is 0 Å². The Labute approximate surface area is 112 Å². The summed E-state index contributed by atoms with van der Waals surface area (Å²) in [5, 5.41) is 0. The highest BCUT2D eigenvalue weighted by atomic mass is 79.9. The molecule has 0 unspecified atom stereocenters. The number of rotatable bonds is 3. The summed E-state index contributed by atoms with van der Waals surface area (Å²) in [4.78, 5) is 0. The van der Waals surface area contributed by atoms with Crippen LogP contribution in [0.15, 0.2) is 40.9 Å². The van der Waals surface area contributed by atoms with Crippen LogP contribution >= 0.6 is 15.9 Å². The average molecular weight is 314 g/mol. The molecule has 2 aromatic rings. The fourth-order valence-corrected chi connectivity index (χ4v) is 1.96. The van der Waals surface area contributed by atoms with Crippen molar-refractivity contribution in [2.45, 2.75) is 6.61 Å². The molecule has 0 bridgehead atoms. The van der Waals surface area contributed by atoms with Gasteiger partial charge in [0.2, 0.25) is 0 Å². The third-order valence-electron chi connectivity index (χ3n) is 2.31. The van der Waals surface area contributed by atoms with Gasteiger partial charge in [-0.25, -0.2) is 8.78 Å². The van der Waals surface area contributed by atoms with Crippen LogP contribution in [0.1, 0.15) is 5.56 Å². The zero-order chi connectivity index (χ0) is 13.1. The lowest BCUT2D eigenvalue weighted by molar-refractivity contribution is 0.302. The van der Waals surface area contributed by atoms with Gasteiger partial charge in [0.05, 0.1) is 0 Å². The van der Waals surface area contributed by atoms with Gasteiger partial charge in [0, 0.05) is 33.9 Å². The van der Waals surface area contributed by atoms with Gasteiger partial charge < -0.3 is 10.5 Å². The van der Waals surface area contributed by atoms with Crippen molar-refractivity contribution in [2.24, 2.45) is 0 Å². The van der Waals surface area contributed by atoms with Crippen LogP contribution in [0.5, 0.6) is 5.75 Å². The van der Waals surface area contributed by atoms with Gasteiger partial charge in [-0.1, -0.05) is 22.0 Å². The molecule has 2 rings (SSSR count). The molecule has 0 aliphatic carbocycles. The number of halogens is 3. The van der Waals surface area contributed by atoms with E-state index < -0.39 is 11.6 Å². The van der Waals surface area contributed by atoms with Crippen molar-refractivity contribution >= 4 is 21.6 Å². The number of hydrogen-bond donors (Lipinski definition) is 1. The van der Waals surface area contributed by atoms with E-state index >= 15 is 0 Å². The van der Waals surface area contributed by atoms with E-state index in [1.54, 1.807) is 18.2 Å². The summed E-state index contributed by atoms with van der Waals surface area (Å²) in [6.07, 6.45) is 0. The van der Waals surface area contributed by atoms with Gasteiger partial charge >= 0.3 is 0 Å². The number of nitrogens with two attached hydrogens (primary N) is 1. The first-order chi connectivity index (χ1) is 8.54. The minimum absolute atomic E-state index is 0.149. The molecule has 2 aromatic carbocycles. The van der Waals surface area contributed by atoms with E-state index in [2.05, 4.69) is 15.9 Å². The maximum atomic E-state index is 12.9. The number of hydrogen-bond acceptors (Lipinski definition) is 2. The normalized spacial score (nSPS) is 10.4. The van der Waals surface area contributed by atoms with Crippen LogP contribution in [0, 0.1) is 11.6 Å². The second-order valence-electron chi connectivity index (χ2n) is 3.74. The molecule has 0 radical (unpaired) electrons. The van der Waals surface area contributed by atoms with Gasteiger partial charge in [-0.3, -0.25) is 0 Å². The zero-order valence-electron chi connectivity index (χ0n) is 9.29. The number of nitrogen functional groups attached to an aromatic ring is 1. The summed E-state index contributed by atoms with van der Waals surface area (Å²) in [5.41, 5.74) is 7.07. The first-order valence-electron chi connectivity index (χ1n) is 5.17. The second-order valence-corrected chi connectivity index (χ2v) is 4.60. The summed E-state index contributed by atoms with van der Waals surface area (Å²) < 4.78 is 32.0. The molecule has 0 heterocycles. The largest absolute Gasteiger partial charge is 0.489 e. The molecule has 0 aliphatic rings. The van der Waals surface area contributed by atoms with E-state index in [0.29, 0.717) is 5.69 Å². The SMILES string of the molecule is Nc1ccc(COc2cc(F)cc(F)c2)c(Br)c1. The average Bonchev–Trinajstić information content (AvgIpc) is 2.26. The van der Waals surface area contributed by atoms with Crippen LogP contribution in [0.25, 0.3) is 0 Å². The maximum Gasteiger partial charge on any atom is 0.129 e. The zero-order valence-corrected chi connectivity index (χ0v) is 10.9. The van der Waals surface area contributed by atoms with E-state index in [9.17, 15) is 8.78 Å². The highest BCUT2D eigenvalue weighted by Gasteiger charge is 2.04.